The maximum absolute atomic E-state index is 13.1. The molecule has 12 heteroatoms. The molecule has 0 aliphatic carbocycles. The lowest BCUT2D eigenvalue weighted by Gasteiger charge is -2.11. The predicted molar refractivity (Wildman–Crippen MR) is 176 cm³/mol. The molecule has 0 aliphatic heterocycles. The molecule has 0 spiro atoms. The maximum atomic E-state index is 13.1. The Morgan fingerprint density at radius 3 is 2.40 bits per heavy atom. The van der Waals surface area contributed by atoms with Crippen molar-refractivity contribution in [3.05, 3.63) is 114 Å². The van der Waals surface area contributed by atoms with Gasteiger partial charge in [0, 0.05) is 33.2 Å². The fourth-order valence-electron chi connectivity index (χ4n) is 4.05. The number of hydrogen-bond donors (Lipinski definition) is 3. The van der Waals surface area contributed by atoms with Crippen molar-refractivity contribution in [3.63, 3.8) is 0 Å². The highest BCUT2D eigenvalue weighted by Gasteiger charge is 2.16. The van der Waals surface area contributed by atoms with Gasteiger partial charge in [0.2, 0.25) is 5.91 Å². The number of thiazole rings is 1. The first-order valence-corrected chi connectivity index (χ1v) is 15.4. The van der Waals surface area contributed by atoms with Crippen LogP contribution < -0.4 is 25.4 Å². The molecule has 0 saturated heterocycles. The van der Waals surface area contributed by atoms with Crippen molar-refractivity contribution in [2.45, 2.75) is 4.90 Å². The molecule has 2 heterocycles. The monoisotopic (exact) mass is 640 g/mol. The highest BCUT2D eigenvalue weighted by molar-refractivity contribution is 8.00. The molecule has 0 atom stereocenters. The lowest BCUT2D eigenvalue weighted by Crippen LogP contribution is -2.30. The first-order valence-electron chi connectivity index (χ1n) is 13.6. The van der Waals surface area contributed by atoms with Crippen LogP contribution in [0.5, 0.6) is 11.5 Å². The van der Waals surface area contributed by atoms with Crippen molar-refractivity contribution in [1.82, 2.24) is 10.3 Å². The Kier molecular flexibility index (Phi) is 10.3. The second-order valence-electron chi connectivity index (χ2n) is 9.32. The number of nitrogens with one attached hydrogen (secondary N) is 3. The lowest BCUT2D eigenvalue weighted by molar-refractivity contribution is -0.114. The first-order chi connectivity index (χ1) is 21.9. The van der Waals surface area contributed by atoms with Crippen LogP contribution in [0.1, 0.15) is 16.1 Å². The van der Waals surface area contributed by atoms with Gasteiger partial charge in [-0.05, 0) is 66.7 Å². The summed E-state index contributed by atoms with van der Waals surface area (Å²) < 4.78 is 16.0. The number of carbonyl (C=O) groups excluding carboxylic acids is 3. The topological polar surface area (TPSA) is 132 Å². The second-order valence-corrected chi connectivity index (χ2v) is 11.2. The molecule has 0 saturated carbocycles. The maximum Gasteiger partial charge on any atom is 0.272 e. The number of hydrogen-bond acceptors (Lipinski definition) is 9. The van der Waals surface area contributed by atoms with E-state index in [0.717, 1.165) is 10.5 Å². The van der Waals surface area contributed by atoms with E-state index >= 15 is 0 Å². The molecule has 3 aromatic carbocycles. The van der Waals surface area contributed by atoms with Crippen molar-refractivity contribution in [3.8, 4) is 22.8 Å². The molecule has 5 aromatic rings. The van der Waals surface area contributed by atoms with E-state index in [9.17, 15) is 14.4 Å². The third-order valence-electron chi connectivity index (χ3n) is 6.27. The largest absolute Gasteiger partial charge is 0.493 e. The number of methoxy groups -OCH3 is 2. The molecule has 0 unspecified atom stereocenters. The Morgan fingerprint density at radius 1 is 0.911 bits per heavy atom. The molecule has 3 N–H and O–H groups in total. The number of nitrogens with zero attached hydrogens (tertiary/aromatic N) is 1. The minimum absolute atomic E-state index is 0.0189. The Bertz CT molecular complexity index is 1800. The van der Waals surface area contributed by atoms with Gasteiger partial charge < -0.3 is 29.8 Å². The van der Waals surface area contributed by atoms with Crippen LogP contribution in [0.15, 0.2) is 112 Å². The number of benzene rings is 3. The van der Waals surface area contributed by atoms with Gasteiger partial charge in [-0.2, -0.15) is 0 Å². The zero-order valence-corrected chi connectivity index (χ0v) is 25.9. The summed E-state index contributed by atoms with van der Waals surface area (Å²) in [6.45, 7) is 0. The van der Waals surface area contributed by atoms with Crippen LogP contribution in [0.25, 0.3) is 17.3 Å². The predicted octanol–water partition coefficient (Wildman–Crippen LogP) is 6.56. The van der Waals surface area contributed by atoms with Crippen molar-refractivity contribution in [1.29, 1.82) is 0 Å². The van der Waals surface area contributed by atoms with Gasteiger partial charge in [0.25, 0.3) is 11.8 Å². The van der Waals surface area contributed by atoms with Crippen LogP contribution in [0.4, 0.5) is 10.8 Å². The van der Waals surface area contributed by atoms with Gasteiger partial charge in [0.05, 0.1) is 31.9 Å². The van der Waals surface area contributed by atoms with Crippen LogP contribution >= 0.6 is 23.1 Å². The third kappa shape index (κ3) is 8.40. The summed E-state index contributed by atoms with van der Waals surface area (Å²) in [5.74, 6) is 0.641. The zero-order valence-electron chi connectivity index (χ0n) is 24.2. The summed E-state index contributed by atoms with van der Waals surface area (Å²) in [5, 5.41) is 10.6. The van der Waals surface area contributed by atoms with Crippen molar-refractivity contribution >= 4 is 57.7 Å². The quantitative estimate of drug-likeness (QED) is 0.103. The molecule has 0 bridgehead atoms. The van der Waals surface area contributed by atoms with Gasteiger partial charge in [0.1, 0.15) is 11.5 Å². The first kappa shape index (κ1) is 31.1. The number of furan rings is 1. The van der Waals surface area contributed by atoms with Crippen molar-refractivity contribution in [2.24, 2.45) is 0 Å². The molecule has 10 nitrogen and oxygen atoms in total. The number of thioether (sulfide) groups is 1. The average Bonchev–Trinajstić information content (AvgIpc) is 3.76. The van der Waals surface area contributed by atoms with E-state index in [1.54, 1.807) is 87.0 Å². The lowest BCUT2D eigenvalue weighted by atomic mass is 10.1. The van der Waals surface area contributed by atoms with E-state index < -0.39 is 11.8 Å². The smallest absolute Gasteiger partial charge is 0.272 e. The Balaban J connectivity index is 1.15. The molecule has 2 aromatic heterocycles. The SMILES string of the molecule is COc1ccc(-c2csc(NC(=O)CSc3ccc(NC(=O)/C(=C/c4ccco4)NC(=O)c4ccccc4)cc3)n2)cc1OC. The Labute approximate surface area is 267 Å². The molecular formula is C33H28N4O6S2. The number of anilines is 2. The summed E-state index contributed by atoms with van der Waals surface area (Å²) in [6, 6.07) is 24.5. The van der Waals surface area contributed by atoms with Gasteiger partial charge in [-0.3, -0.25) is 14.4 Å². The van der Waals surface area contributed by atoms with E-state index in [-0.39, 0.29) is 17.4 Å². The van der Waals surface area contributed by atoms with Gasteiger partial charge in [-0.25, -0.2) is 4.98 Å². The van der Waals surface area contributed by atoms with Crippen LogP contribution in [0, 0.1) is 0 Å². The summed E-state index contributed by atoms with van der Waals surface area (Å²) in [7, 11) is 3.15. The van der Waals surface area contributed by atoms with Crippen molar-refractivity contribution in [2.75, 3.05) is 30.6 Å². The van der Waals surface area contributed by atoms with E-state index in [1.165, 1.54) is 35.4 Å². The van der Waals surface area contributed by atoms with Gasteiger partial charge in [-0.15, -0.1) is 23.1 Å². The number of carbonyl (C=O) groups is 3. The van der Waals surface area contributed by atoms with E-state index in [4.69, 9.17) is 13.9 Å². The van der Waals surface area contributed by atoms with E-state index in [1.807, 2.05) is 17.5 Å². The Hall–Kier alpha value is -5.33. The van der Waals surface area contributed by atoms with E-state index in [0.29, 0.717) is 39.3 Å². The molecule has 45 heavy (non-hydrogen) atoms. The number of ether oxygens (including phenoxy) is 2. The normalized spacial score (nSPS) is 11.0. The number of amides is 3. The van der Waals surface area contributed by atoms with Crippen LogP contribution in [-0.2, 0) is 9.59 Å². The second kappa shape index (κ2) is 14.9. The molecular weight excluding hydrogens is 613 g/mol. The van der Waals surface area contributed by atoms with Crippen LogP contribution in [-0.4, -0.2) is 42.7 Å². The summed E-state index contributed by atoms with van der Waals surface area (Å²) >= 11 is 2.67. The summed E-state index contributed by atoms with van der Waals surface area (Å²) in [6.07, 6.45) is 2.93. The fraction of sp³-hybridized carbons (Fsp3) is 0.0909. The molecule has 3 amide bonds. The Morgan fingerprint density at radius 2 is 1.69 bits per heavy atom. The minimum atomic E-state index is -0.522. The van der Waals surface area contributed by atoms with Gasteiger partial charge >= 0.3 is 0 Å². The zero-order chi connectivity index (χ0) is 31.6. The summed E-state index contributed by atoms with van der Waals surface area (Å²) in [4.78, 5) is 43.8. The molecule has 5 rings (SSSR count). The number of rotatable bonds is 12. The molecule has 228 valence electrons. The van der Waals surface area contributed by atoms with Gasteiger partial charge in [-0.1, -0.05) is 18.2 Å². The highest BCUT2D eigenvalue weighted by Crippen LogP contribution is 2.33. The van der Waals surface area contributed by atoms with Crippen molar-refractivity contribution < 1.29 is 28.3 Å². The molecule has 0 aliphatic rings. The fourth-order valence-corrected chi connectivity index (χ4v) is 5.49. The van der Waals surface area contributed by atoms with Crippen LogP contribution in [0.3, 0.4) is 0 Å². The number of aromatic nitrogens is 1. The standard InChI is InChI=1S/C33H28N4O6S2/c1-41-28-15-10-22(17-29(28)42-2)27-19-45-33(36-27)37-30(38)20-44-25-13-11-23(12-14-25)34-32(40)26(18-24-9-6-16-43-24)35-31(39)21-7-4-3-5-8-21/h3-19H,20H2,1-2H3,(H,34,40)(H,35,39)(H,36,37,38)/b26-18-. The third-order valence-corrected chi connectivity index (χ3v) is 8.04. The minimum Gasteiger partial charge on any atom is -0.493 e. The molecule has 0 fully saturated rings. The van der Waals surface area contributed by atoms with Crippen LogP contribution in [0.2, 0.25) is 0 Å². The average molecular weight is 641 g/mol. The summed E-state index contributed by atoms with van der Waals surface area (Å²) in [5.41, 5.74) is 2.50. The highest BCUT2D eigenvalue weighted by atomic mass is 32.2. The van der Waals surface area contributed by atoms with E-state index in [2.05, 4.69) is 20.9 Å². The molecule has 0 radical (unpaired) electrons. The van der Waals surface area contributed by atoms with Gasteiger partial charge in [0.15, 0.2) is 16.6 Å².